The smallest absolute Gasteiger partial charge is 0.0274 e. The van der Waals surface area contributed by atoms with Gasteiger partial charge in [-0.25, -0.2) is 0 Å². The van der Waals surface area contributed by atoms with Gasteiger partial charge in [-0.15, -0.1) is 9.24 Å². The second-order valence-electron chi connectivity index (χ2n) is 2.60. The van der Waals surface area contributed by atoms with Crippen LogP contribution in [-0.4, -0.2) is 0 Å². The highest BCUT2D eigenvalue weighted by Gasteiger charge is 1.90. The number of rotatable bonds is 2. The molecular formula is C10H17P. The van der Waals surface area contributed by atoms with Crippen molar-refractivity contribution in [1.82, 2.24) is 0 Å². The predicted molar refractivity (Wildman–Crippen MR) is 56.7 cm³/mol. The SMILES string of the molecule is C\C=C(C)/C=C(P)\C(C)=C/C. The van der Waals surface area contributed by atoms with E-state index in [0.717, 1.165) is 0 Å². The molecule has 0 heterocycles. The van der Waals surface area contributed by atoms with Crippen molar-refractivity contribution in [3.05, 3.63) is 34.7 Å². The minimum atomic E-state index is 1.27. The van der Waals surface area contributed by atoms with Crippen LogP contribution in [0.2, 0.25) is 0 Å². The standard InChI is InChI=1S/C10H17P/c1-5-8(3)7-10(11)9(4)6-2/h5-7H,11H2,1-4H3/b8-5-,9-6-,10-7+. The Hall–Kier alpha value is -0.350. The van der Waals surface area contributed by atoms with Crippen molar-refractivity contribution in [2.45, 2.75) is 27.7 Å². The Morgan fingerprint density at radius 1 is 1.09 bits per heavy atom. The average Bonchev–Trinajstić information content (AvgIpc) is 2.02. The molecule has 0 spiro atoms. The minimum absolute atomic E-state index is 1.27. The normalized spacial score (nSPS) is 15.5. The molecule has 0 N–H and O–H groups in total. The first-order valence-corrected chi connectivity index (χ1v) is 4.43. The van der Waals surface area contributed by atoms with Gasteiger partial charge in [0.15, 0.2) is 0 Å². The van der Waals surface area contributed by atoms with Gasteiger partial charge in [-0.1, -0.05) is 23.8 Å². The lowest BCUT2D eigenvalue weighted by Crippen LogP contribution is -1.75. The van der Waals surface area contributed by atoms with Crippen molar-refractivity contribution in [2.24, 2.45) is 0 Å². The van der Waals surface area contributed by atoms with Crippen LogP contribution >= 0.6 is 9.24 Å². The van der Waals surface area contributed by atoms with Crippen LogP contribution in [0.25, 0.3) is 0 Å². The maximum atomic E-state index is 2.74. The van der Waals surface area contributed by atoms with E-state index in [4.69, 9.17) is 0 Å². The van der Waals surface area contributed by atoms with Crippen molar-refractivity contribution in [3.63, 3.8) is 0 Å². The fourth-order valence-electron chi connectivity index (χ4n) is 0.609. The first kappa shape index (κ1) is 10.7. The van der Waals surface area contributed by atoms with Crippen LogP contribution in [0.5, 0.6) is 0 Å². The molecule has 0 nitrogen and oxygen atoms in total. The molecule has 0 bridgehead atoms. The summed E-state index contributed by atoms with van der Waals surface area (Å²) in [5.74, 6) is 0. The van der Waals surface area contributed by atoms with Crippen LogP contribution in [0.3, 0.4) is 0 Å². The van der Waals surface area contributed by atoms with Crippen LogP contribution < -0.4 is 0 Å². The Kier molecular flexibility index (Phi) is 5.15. The molecule has 0 aromatic heterocycles. The van der Waals surface area contributed by atoms with E-state index in [2.05, 4.69) is 55.2 Å². The highest BCUT2D eigenvalue weighted by Crippen LogP contribution is 2.18. The molecule has 1 unspecified atom stereocenters. The van der Waals surface area contributed by atoms with Gasteiger partial charge >= 0.3 is 0 Å². The van der Waals surface area contributed by atoms with Gasteiger partial charge in [0.1, 0.15) is 0 Å². The Balaban J connectivity index is 4.47. The lowest BCUT2D eigenvalue weighted by Gasteiger charge is -1.99. The van der Waals surface area contributed by atoms with Crippen LogP contribution in [0.4, 0.5) is 0 Å². The molecule has 0 aliphatic carbocycles. The molecule has 0 aromatic rings. The van der Waals surface area contributed by atoms with Gasteiger partial charge in [-0.2, -0.15) is 0 Å². The second kappa shape index (κ2) is 5.32. The largest absolute Gasteiger partial charge is 0.105 e. The molecule has 0 amide bonds. The zero-order valence-electron chi connectivity index (χ0n) is 7.81. The number of hydrogen-bond donors (Lipinski definition) is 0. The molecule has 0 rings (SSSR count). The molecule has 0 radical (unpaired) electrons. The summed E-state index contributed by atoms with van der Waals surface area (Å²) >= 11 is 0. The Bertz CT molecular complexity index is 207. The summed E-state index contributed by atoms with van der Waals surface area (Å²) in [6.07, 6.45) is 6.38. The van der Waals surface area contributed by atoms with Gasteiger partial charge in [0.05, 0.1) is 0 Å². The van der Waals surface area contributed by atoms with E-state index in [0.29, 0.717) is 0 Å². The van der Waals surface area contributed by atoms with Crippen molar-refractivity contribution in [1.29, 1.82) is 0 Å². The summed E-state index contributed by atoms with van der Waals surface area (Å²) in [5, 5.41) is 1.27. The number of allylic oxidation sites excluding steroid dienone is 6. The third-order valence-corrected chi connectivity index (χ3v) is 2.35. The summed E-state index contributed by atoms with van der Waals surface area (Å²) in [6, 6.07) is 0. The highest BCUT2D eigenvalue weighted by molar-refractivity contribution is 7.23. The van der Waals surface area contributed by atoms with Gasteiger partial charge in [0, 0.05) is 0 Å². The predicted octanol–water partition coefficient (Wildman–Crippen LogP) is 3.68. The zero-order valence-corrected chi connectivity index (χ0v) is 8.96. The molecule has 0 fully saturated rings. The molecule has 0 aliphatic heterocycles. The average molecular weight is 168 g/mol. The Morgan fingerprint density at radius 2 is 1.64 bits per heavy atom. The summed E-state index contributed by atoms with van der Waals surface area (Å²) < 4.78 is 0. The van der Waals surface area contributed by atoms with E-state index in [-0.39, 0.29) is 0 Å². The molecule has 0 aromatic carbocycles. The maximum Gasteiger partial charge on any atom is -0.0274 e. The Morgan fingerprint density at radius 3 is 2.00 bits per heavy atom. The van der Waals surface area contributed by atoms with Gasteiger partial charge in [0.2, 0.25) is 0 Å². The summed E-state index contributed by atoms with van der Waals surface area (Å²) in [7, 11) is 2.74. The zero-order chi connectivity index (χ0) is 8.85. The summed E-state index contributed by atoms with van der Waals surface area (Å²) in [4.78, 5) is 0. The fraction of sp³-hybridized carbons (Fsp3) is 0.400. The molecule has 1 atom stereocenters. The van der Waals surface area contributed by atoms with Crippen molar-refractivity contribution < 1.29 is 0 Å². The maximum absolute atomic E-state index is 2.74. The van der Waals surface area contributed by atoms with Crippen molar-refractivity contribution in [2.75, 3.05) is 0 Å². The van der Waals surface area contributed by atoms with E-state index in [1.54, 1.807) is 0 Å². The topological polar surface area (TPSA) is 0 Å². The molecule has 0 saturated heterocycles. The van der Waals surface area contributed by atoms with Gasteiger partial charge in [-0.05, 0) is 38.6 Å². The van der Waals surface area contributed by atoms with Crippen molar-refractivity contribution in [3.8, 4) is 0 Å². The van der Waals surface area contributed by atoms with E-state index in [1.807, 2.05) is 0 Å². The minimum Gasteiger partial charge on any atom is -0.105 e. The monoisotopic (exact) mass is 168 g/mol. The molecular weight excluding hydrogens is 151 g/mol. The van der Waals surface area contributed by atoms with E-state index in [1.165, 1.54) is 16.5 Å². The lowest BCUT2D eigenvalue weighted by molar-refractivity contribution is 1.41. The molecule has 1 heteroatoms. The van der Waals surface area contributed by atoms with E-state index in [9.17, 15) is 0 Å². The van der Waals surface area contributed by atoms with Gasteiger partial charge < -0.3 is 0 Å². The van der Waals surface area contributed by atoms with Gasteiger partial charge in [0.25, 0.3) is 0 Å². The first-order valence-electron chi connectivity index (χ1n) is 3.85. The fourth-order valence-corrected chi connectivity index (χ4v) is 1.04. The van der Waals surface area contributed by atoms with Crippen molar-refractivity contribution >= 4 is 9.24 Å². The third kappa shape index (κ3) is 4.16. The van der Waals surface area contributed by atoms with Crippen LogP contribution in [0.1, 0.15) is 27.7 Å². The van der Waals surface area contributed by atoms with Crippen LogP contribution in [0.15, 0.2) is 34.7 Å². The lowest BCUT2D eigenvalue weighted by atomic mass is 10.2. The van der Waals surface area contributed by atoms with Crippen LogP contribution in [-0.2, 0) is 0 Å². The summed E-state index contributed by atoms with van der Waals surface area (Å²) in [5.41, 5.74) is 2.62. The van der Waals surface area contributed by atoms with E-state index < -0.39 is 0 Å². The molecule has 0 aliphatic rings. The van der Waals surface area contributed by atoms with Gasteiger partial charge in [-0.3, -0.25) is 0 Å². The molecule has 0 saturated carbocycles. The molecule has 62 valence electrons. The number of hydrogen-bond acceptors (Lipinski definition) is 0. The molecule has 11 heavy (non-hydrogen) atoms. The first-order chi connectivity index (χ1) is 5.11. The Labute approximate surface area is 72.3 Å². The quantitative estimate of drug-likeness (QED) is 0.436. The van der Waals surface area contributed by atoms with Crippen LogP contribution in [0, 0.1) is 0 Å². The highest BCUT2D eigenvalue weighted by atomic mass is 31.0. The summed E-state index contributed by atoms with van der Waals surface area (Å²) in [6.45, 7) is 8.32. The third-order valence-electron chi connectivity index (χ3n) is 1.73. The van der Waals surface area contributed by atoms with E-state index >= 15 is 0 Å². The second-order valence-corrected chi connectivity index (χ2v) is 3.23.